The highest BCUT2D eigenvalue weighted by molar-refractivity contribution is 5.31. The zero-order valence-corrected chi connectivity index (χ0v) is 11.1. The van der Waals surface area contributed by atoms with Crippen molar-refractivity contribution in [3.05, 3.63) is 18.0 Å². The van der Waals surface area contributed by atoms with Crippen molar-refractivity contribution in [1.82, 2.24) is 15.3 Å². The molecule has 3 rings (SSSR count). The molecule has 1 aliphatic heterocycles. The molecular weight excluding hydrogens is 224 g/mol. The Morgan fingerprint density at radius 1 is 1.17 bits per heavy atom. The molecular formula is C14H22N4. The lowest BCUT2D eigenvalue weighted by atomic mass is 9.81. The zero-order chi connectivity index (χ0) is 12.4. The van der Waals surface area contributed by atoms with Crippen molar-refractivity contribution in [2.24, 2.45) is 0 Å². The van der Waals surface area contributed by atoms with Gasteiger partial charge in [0.2, 0.25) is 5.95 Å². The van der Waals surface area contributed by atoms with E-state index in [9.17, 15) is 0 Å². The van der Waals surface area contributed by atoms with Crippen LogP contribution in [-0.2, 0) is 0 Å². The quantitative estimate of drug-likeness (QED) is 0.885. The summed E-state index contributed by atoms with van der Waals surface area (Å²) in [4.78, 5) is 11.3. The normalized spacial score (nSPS) is 24.6. The van der Waals surface area contributed by atoms with Crippen LogP contribution in [-0.4, -0.2) is 36.1 Å². The fourth-order valence-corrected chi connectivity index (χ4v) is 2.79. The Morgan fingerprint density at radius 3 is 2.50 bits per heavy atom. The van der Waals surface area contributed by atoms with Gasteiger partial charge in [0.05, 0.1) is 0 Å². The SMILES string of the molecule is CN(c1ncc(C2CCC2)cn1)C1CCCNC1. The van der Waals surface area contributed by atoms with E-state index in [1.54, 1.807) is 0 Å². The highest BCUT2D eigenvalue weighted by Gasteiger charge is 2.22. The van der Waals surface area contributed by atoms with Gasteiger partial charge in [0.15, 0.2) is 0 Å². The van der Waals surface area contributed by atoms with E-state index >= 15 is 0 Å². The van der Waals surface area contributed by atoms with Gasteiger partial charge in [-0.05, 0) is 43.7 Å². The molecule has 1 aromatic heterocycles. The van der Waals surface area contributed by atoms with Crippen LogP contribution in [0.25, 0.3) is 0 Å². The molecule has 1 saturated carbocycles. The number of piperidine rings is 1. The molecule has 2 fully saturated rings. The summed E-state index contributed by atoms with van der Waals surface area (Å²) in [6.45, 7) is 2.19. The van der Waals surface area contributed by atoms with Gasteiger partial charge >= 0.3 is 0 Å². The van der Waals surface area contributed by atoms with Crippen LogP contribution in [0, 0.1) is 0 Å². The van der Waals surface area contributed by atoms with E-state index in [0.29, 0.717) is 6.04 Å². The topological polar surface area (TPSA) is 41.1 Å². The van der Waals surface area contributed by atoms with Crippen molar-refractivity contribution < 1.29 is 0 Å². The Labute approximate surface area is 109 Å². The van der Waals surface area contributed by atoms with Crippen LogP contribution >= 0.6 is 0 Å². The Hall–Kier alpha value is -1.16. The molecule has 2 aliphatic rings. The third-order valence-electron chi connectivity index (χ3n) is 4.37. The monoisotopic (exact) mass is 246 g/mol. The van der Waals surface area contributed by atoms with Gasteiger partial charge in [-0.3, -0.25) is 0 Å². The number of anilines is 1. The van der Waals surface area contributed by atoms with Crippen LogP contribution in [0.15, 0.2) is 12.4 Å². The van der Waals surface area contributed by atoms with Gasteiger partial charge in [-0.1, -0.05) is 6.42 Å². The van der Waals surface area contributed by atoms with E-state index in [1.165, 1.54) is 37.7 Å². The average Bonchev–Trinajstić information content (AvgIpc) is 2.38. The van der Waals surface area contributed by atoms with Gasteiger partial charge in [-0.25, -0.2) is 9.97 Å². The van der Waals surface area contributed by atoms with Crippen LogP contribution in [0.2, 0.25) is 0 Å². The van der Waals surface area contributed by atoms with Gasteiger partial charge < -0.3 is 10.2 Å². The van der Waals surface area contributed by atoms with Crippen molar-refractivity contribution in [2.75, 3.05) is 25.0 Å². The van der Waals surface area contributed by atoms with E-state index in [4.69, 9.17) is 0 Å². The van der Waals surface area contributed by atoms with Crippen LogP contribution in [0.5, 0.6) is 0 Å². The first kappa shape index (κ1) is 11.9. The summed E-state index contributed by atoms with van der Waals surface area (Å²) in [5.74, 6) is 1.59. The maximum atomic E-state index is 4.54. The first-order valence-electron chi connectivity index (χ1n) is 7.10. The summed E-state index contributed by atoms with van der Waals surface area (Å²) in [7, 11) is 2.11. The number of nitrogens with one attached hydrogen (secondary N) is 1. The maximum absolute atomic E-state index is 4.54. The summed E-state index contributed by atoms with van der Waals surface area (Å²) in [6.07, 6.45) is 10.5. The maximum Gasteiger partial charge on any atom is 0.225 e. The van der Waals surface area contributed by atoms with E-state index in [0.717, 1.165) is 25.0 Å². The van der Waals surface area contributed by atoms with Crippen molar-refractivity contribution >= 4 is 5.95 Å². The van der Waals surface area contributed by atoms with E-state index in [2.05, 4.69) is 27.2 Å². The van der Waals surface area contributed by atoms with E-state index in [1.807, 2.05) is 12.4 Å². The number of nitrogens with zero attached hydrogens (tertiary/aromatic N) is 3. The molecule has 0 amide bonds. The second kappa shape index (κ2) is 5.22. The number of hydrogen-bond donors (Lipinski definition) is 1. The largest absolute Gasteiger partial charge is 0.340 e. The lowest BCUT2D eigenvalue weighted by Crippen LogP contribution is -2.44. The molecule has 1 N–H and O–H groups in total. The molecule has 2 heterocycles. The second-order valence-corrected chi connectivity index (χ2v) is 5.56. The fraction of sp³-hybridized carbons (Fsp3) is 0.714. The molecule has 1 unspecified atom stereocenters. The van der Waals surface area contributed by atoms with Gasteiger partial charge in [0, 0.05) is 32.0 Å². The van der Waals surface area contributed by atoms with Gasteiger partial charge in [0.25, 0.3) is 0 Å². The minimum Gasteiger partial charge on any atom is -0.340 e. The molecule has 1 aliphatic carbocycles. The van der Waals surface area contributed by atoms with Crippen LogP contribution < -0.4 is 10.2 Å². The highest BCUT2D eigenvalue weighted by Crippen LogP contribution is 2.35. The zero-order valence-electron chi connectivity index (χ0n) is 11.1. The summed E-state index contributed by atoms with van der Waals surface area (Å²) in [6, 6.07) is 0.535. The van der Waals surface area contributed by atoms with Gasteiger partial charge in [-0.2, -0.15) is 0 Å². The third-order valence-corrected chi connectivity index (χ3v) is 4.37. The molecule has 98 valence electrons. The first-order valence-corrected chi connectivity index (χ1v) is 7.10. The van der Waals surface area contributed by atoms with Crippen molar-refractivity contribution in [1.29, 1.82) is 0 Å². The Balaban J connectivity index is 1.67. The standard InChI is InChI=1S/C14H22N4/c1-18(13-6-3-7-15-10-13)14-16-8-12(9-17-14)11-4-2-5-11/h8-9,11,13,15H,2-7,10H2,1H3. The number of likely N-dealkylation sites (N-methyl/N-ethyl adjacent to an activating group) is 1. The average molecular weight is 246 g/mol. The predicted molar refractivity (Wildman–Crippen MR) is 72.9 cm³/mol. The number of rotatable bonds is 3. The summed E-state index contributed by atoms with van der Waals surface area (Å²) >= 11 is 0. The summed E-state index contributed by atoms with van der Waals surface area (Å²) < 4.78 is 0. The predicted octanol–water partition coefficient (Wildman–Crippen LogP) is 1.93. The molecule has 1 aromatic rings. The molecule has 0 radical (unpaired) electrons. The van der Waals surface area contributed by atoms with E-state index < -0.39 is 0 Å². The minimum absolute atomic E-state index is 0.535. The lowest BCUT2D eigenvalue weighted by Gasteiger charge is -2.32. The van der Waals surface area contributed by atoms with E-state index in [-0.39, 0.29) is 0 Å². The van der Waals surface area contributed by atoms with Gasteiger partial charge in [-0.15, -0.1) is 0 Å². The Morgan fingerprint density at radius 2 is 1.94 bits per heavy atom. The molecule has 18 heavy (non-hydrogen) atoms. The van der Waals surface area contributed by atoms with Crippen molar-refractivity contribution in [3.63, 3.8) is 0 Å². The van der Waals surface area contributed by atoms with Crippen LogP contribution in [0.3, 0.4) is 0 Å². The molecule has 4 nitrogen and oxygen atoms in total. The first-order chi connectivity index (χ1) is 8.84. The molecule has 0 aromatic carbocycles. The number of hydrogen-bond acceptors (Lipinski definition) is 4. The van der Waals surface area contributed by atoms with Crippen molar-refractivity contribution in [3.8, 4) is 0 Å². The minimum atomic E-state index is 0.535. The fourth-order valence-electron chi connectivity index (χ4n) is 2.79. The molecule has 0 spiro atoms. The molecule has 1 atom stereocenters. The molecule has 4 heteroatoms. The Bertz CT molecular complexity index is 379. The summed E-state index contributed by atoms with van der Waals surface area (Å²) in [5.41, 5.74) is 1.32. The lowest BCUT2D eigenvalue weighted by molar-refractivity contribution is 0.417. The van der Waals surface area contributed by atoms with Gasteiger partial charge in [0.1, 0.15) is 0 Å². The highest BCUT2D eigenvalue weighted by atomic mass is 15.3. The van der Waals surface area contributed by atoms with Crippen LogP contribution in [0.4, 0.5) is 5.95 Å². The third kappa shape index (κ3) is 2.34. The smallest absolute Gasteiger partial charge is 0.225 e. The molecule has 0 bridgehead atoms. The van der Waals surface area contributed by atoms with Crippen LogP contribution in [0.1, 0.15) is 43.6 Å². The van der Waals surface area contributed by atoms with Crippen molar-refractivity contribution in [2.45, 2.75) is 44.1 Å². The second-order valence-electron chi connectivity index (χ2n) is 5.56. The molecule has 1 saturated heterocycles. The summed E-state index contributed by atoms with van der Waals surface area (Å²) in [5, 5.41) is 3.44. The number of aromatic nitrogens is 2. The Kier molecular flexibility index (Phi) is 3.46.